The fourth-order valence-corrected chi connectivity index (χ4v) is 2.58. The van der Waals surface area contributed by atoms with E-state index in [0.29, 0.717) is 19.2 Å². The minimum Gasteiger partial charge on any atom is -0.493 e. The lowest BCUT2D eigenvalue weighted by molar-refractivity contribution is 0.217. The van der Waals surface area contributed by atoms with Gasteiger partial charge in [0.2, 0.25) is 0 Å². The topological polar surface area (TPSA) is 58.1 Å². The number of benzene rings is 1. The molecular formula is C21H39IN4O2. The molecule has 0 fully saturated rings. The van der Waals surface area contributed by atoms with Gasteiger partial charge in [0.05, 0.1) is 13.7 Å². The number of nitrogens with one attached hydrogen (secondary N) is 2. The summed E-state index contributed by atoms with van der Waals surface area (Å²) in [7, 11) is 1.67. The Kier molecular flexibility index (Phi) is 15.0. The summed E-state index contributed by atoms with van der Waals surface area (Å²) >= 11 is 0. The van der Waals surface area contributed by atoms with E-state index in [-0.39, 0.29) is 24.0 Å². The molecule has 1 atom stereocenters. The van der Waals surface area contributed by atoms with Gasteiger partial charge in [0.15, 0.2) is 17.5 Å². The Balaban J connectivity index is 0.00000729. The zero-order chi connectivity index (χ0) is 20.1. The van der Waals surface area contributed by atoms with Crippen LogP contribution in [0.5, 0.6) is 11.5 Å². The molecule has 0 spiro atoms. The van der Waals surface area contributed by atoms with E-state index in [1.807, 2.05) is 18.2 Å². The number of halogens is 1. The maximum absolute atomic E-state index is 5.92. The van der Waals surface area contributed by atoms with E-state index in [0.717, 1.165) is 55.6 Å². The molecule has 7 heteroatoms. The number of likely N-dealkylation sites (N-methyl/N-ethyl adjacent to an activating group) is 1. The number of hydrogen-bond donors (Lipinski definition) is 2. The van der Waals surface area contributed by atoms with Crippen LogP contribution < -0.4 is 20.1 Å². The number of aliphatic imine (C=N–C) groups is 1. The largest absolute Gasteiger partial charge is 0.493 e. The SMILES string of the molecule is CCNC(=NCc1ccc(OCCN(CC)CC)c(OC)c1)NC(C)CC.I. The minimum absolute atomic E-state index is 0. The first-order valence-corrected chi connectivity index (χ1v) is 10.1. The van der Waals surface area contributed by atoms with Crippen molar-refractivity contribution in [2.45, 2.75) is 53.6 Å². The molecule has 0 saturated carbocycles. The van der Waals surface area contributed by atoms with Crippen molar-refractivity contribution in [3.8, 4) is 11.5 Å². The van der Waals surface area contributed by atoms with Crippen molar-refractivity contribution >= 4 is 29.9 Å². The minimum atomic E-state index is 0. The third kappa shape index (κ3) is 9.82. The monoisotopic (exact) mass is 506 g/mol. The van der Waals surface area contributed by atoms with E-state index in [2.05, 4.69) is 55.1 Å². The summed E-state index contributed by atoms with van der Waals surface area (Å²) in [5.74, 6) is 2.37. The van der Waals surface area contributed by atoms with Gasteiger partial charge in [0.25, 0.3) is 0 Å². The third-order valence-corrected chi connectivity index (χ3v) is 4.55. The standard InChI is InChI=1S/C21H38N4O2.HI/c1-7-17(5)24-21(22-8-2)23-16-18-11-12-19(20(15-18)26-6)27-14-13-25(9-3)10-4;/h11-12,15,17H,7-10,13-14,16H2,1-6H3,(H2,22,23,24);1H. The average molecular weight is 506 g/mol. The van der Waals surface area contributed by atoms with Crippen LogP contribution in [0.15, 0.2) is 23.2 Å². The third-order valence-electron chi connectivity index (χ3n) is 4.55. The van der Waals surface area contributed by atoms with Gasteiger partial charge in [-0.15, -0.1) is 24.0 Å². The lowest BCUT2D eigenvalue weighted by Crippen LogP contribution is -2.41. The van der Waals surface area contributed by atoms with E-state index in [4.69, 9.17) is 9.47 Å². The van der Waals surface area contributed by atoms with Gasteiger partial charge in [-0.3, -0.25) is 0 Å². The first kappa shape index (κ1) is 26.8. The van der Waals surface area contributed by atoms with Gasteiger partial charge >= 0.3 is 0 Å². The summed E-state index contributed by atoms with van der Waals surface area (Å²) in [6.45, 7) is 15.8. The molecule has 28 heavy (non-hydrogen) atoms. The van der Waals surface area contributed by atoms with Crippen LogP contribution in [0, 0.1) is 0 Å². The number of ether oxygens (including phenoxy) is 2. The van der Waals surface area contributed by atoms with E-state index in [1.54, 1.807) is 7.11 Å². The normalized spacial score (nSPS) is 12.3. The molecule has 162 valence electrons. The van der Waals surface area contributed by atoms with Crippen LogP contribution in [-0.4, -0.2) is 56.8 Å². The number of methoxy groups -OCH3 is 1. The highest BCUT2D eigenvalue weighted by Crippen LogP contribution is 2.28. The molecular weight excluding hydrogens is 467 g/mol. The Bertz CT molecular complexity index is 565. The molecule has 0 amide bonds. The van der Waals surface area contributed by atoms with Crippen LogP contribution >= 0.6 is 24.0 Å². The molecule has 1 aromatic carbocycles. The Hall–Kier alpha value is -1.22. The quantitative estimate of drug-likeness (QED) is 0.256. The van der Waals surface area contributed by atoms with Crippen molar-refractivity contribution in [1.82, 2.24) is 15.5 Å². The van der Waals surface area contributed by atoms with Gasteiger partial charge in [-0.1, -0.05) is 26.8 Å². The van der Waals surface area contributed by atoms with Crippen molar-refractivity contribution in [3.05, 3.63) is 23.8 Å². The van der Waals surface area contributed by atoms with Crippen LogP contribution in [0.3, 0.4) is 0 Å². The molecule has 1 aromatic rings. The van der Waals surface area contributed by atoms with Gasteiger partial charge in [0, 0.05) is 19.1 Å². The Labute approximate surface area is 188 Å². The lowest BCUT2D eigenvalue weighted by atomic mass is 10.2. The highest BCUT2D eigenvalue weighted by molar-refractivity contribution is 14.0. The van der Waals surface area contributed by atoms with Crippen LogP contribution in [0.4, 0.5) is 0 Å². The Morgan fingerprint density at radius 3 is 2.43 bits per heavy atom. The zero-order valence-corrected chi connectivity index (χ0v) is 20.7. The van der Waals surface area contributed by atoms with Crippen molar-refractivity contribution < 1.29 is 9.47 Å². The fraction of sp³-hybridized carbons (Fsp3) is 0.667. The van der Waals surface area contributed by atoms with Gasteiger partial charge in [-0.2, -0.15) is 0 Å². The summed E-state index contributed by atoms with van der Waals surface area (Å²) < 4.78 is 11.4. The summed E-state index contributed by atoms with van der Waals surface area (Å²) in [6.07, 6.45) is 1.05. The molecule has 2 N–H and O–H groups in total. The zero-order valence-electron chi connectivity index (χ0n) is 18.4. The van der Waals surface area contributed by atoms with E-state index >= 15 is 0 Å². The number of guanidine groups is 1. The first-order chi connectivity index (χ1) is 13.1. The molecule has 1 unspecified atom stereocenters. The van der Waals surface area contributed by atoms with E-state index in [1.165, 1.54) is 0 Å². The molecule has 0 saturated heterocycles. The predicted octanol–water partition coefficient (Wildman–Crippen LogP) is 3.89. The molecule has 0 bridgehead atoms. The molecule has 0 heterocycles. The molecule has 0 radical (unpaired) electrons. The highest BCUT2D eigenvalue weighted by Gasteiger charge is 2.08. The molecule has 6 nitrogen and oxygen atoms in total. The molecule has 0 aliphatic heterocycles. The fourth-order valence-electron chi connectivity index (χ4n) is 2.58. The summed E-state index contributed by atoms with van der Waals surface area (Å²) in [4.78, 5) is 7.01. The van der Waals surface area contributed by atoms with Crippen molar-refractivity contribution in [3.63, 3.8) is 0 Å². The van der Waals surface area contributed by atoms with Crippen LogP contribution in [0.2, 0.25) is 0 Å². The average Bonchev–Trinajstić information content (AvgIpc) is 2.69. The number of rotatable bonds is 12. The summed E-state index contributed by atoms with van der Waals surface area (Å²) in [6, 6.07) is 6.41. The second-order valence-corrected chi connectivity index (χ2v) is 6.51. The van der Waals surface area contributed by atoms with Gasteiger partial charge < -0.3 is 25.0 Å². The van der Waals surface area contributed by atoms with Crippen molar-refractivity contribution in [2.24, 2.45) is 4.99 Å². The smallest absolute Gasteiger partial charge is 0.191 e. The van der Waals surface area contributed by atoms with Crippen molar-refractivity contribution in [2.75, 3.05) is 39.9 Å². The first-order valence-electron chi connectivity index (χ1n) is 10.1. The second-order valence-electron chi connectivity index (χ2n) is 6.51. The summed E-state index contributed by atoms with van der Waals surface area (Å²) in [5, 5.41) is 6.69. The second kappa shape index (κ2) is 15.7. The molecule has 0 aliphatic rings. The van der Waals surface area contributed by atoms with E-state index < -0.39 is 0 Å². The molecule has 0 aromatic heterocycles. The number of hydrogen-bond acceptors (Lipinski definition) is 4. The molecule has 1 rings (SSSR count). The predicted molar refractivity (Wildman–Crippen MR) is 129 cm³/mol. The van der Waals surface area contributed by atoms with Gasteiger partial charge in [-0.25, -0.2) is 4.99 Å². The number of nitrogens with zero attached hydrogens (tertiary/aromatic N) is 2. The van der Waals surface area contributed by atoms with Gasteiger partial charge in [-0.05, 0) is 51.1 Å². The maximum atomic E-state index is 5.92. The Morgan fingerprint density at radius 2 is 1.86 bits per heavy atom. The van der Waals surface area contributed by atoms with E-state index in [9.17, 15) is 0 Å². The highest BCUT2D eigenvalue weighted by atomic mass is 127. The van der Waals surface area contributed by atoms with Crippen LogP contribution in [0.25, 0.3) is 0 Å². The molecule has 0 aliphatic carbocycles. The lowest BCUT2D eigenvalue weighted by Gasteiger charge is -2.19. The summed E-state index contributed by atoms with van der Waals surface area (Å²) in [5.41, 5.74) is 1.09. The van der Waals surface area contributed by atoms with Crippen LogP contribution in [-0.2, 0) is 6.54 Å². The van der Waals surface area contributed by atoms with Crippen molar-refractivity contribution in [1.29, 1.82) is 0 Å². The maximum Gasteiger partial charge on any atom is 0.191 e. The van der Waals surface area contributed by atoms with Crippen LogP contribution in [0.1, 0.15) is 46.6 Å². The Morgan fingerprint density at radius 1 is 1.14 bits per heavy atom. The van der Waals surface area contributed by atoms with Gasteiger partial charge in [0.1, 0.15) is 6.61 Å².